The summed E-state index contributed by atoms with van der Waals surface area (Å²) >= 11 is 8.84. The summed E-state index contributed by atoms with van der Waals surface area (Å²) in [7, 11) is 1.32. The third-order valence-electron chi connectivity index (χ3n) is 1.19. The first-order chi connectivity index (χ1) is 5.97. The lowest BCUT2D eigenvalue weighted by atomic mass is 10.2. The molecule has 0 saturated heterocycles. The molecule has 0 saturated carbocycles. The smallest absolute Gasteiger partial charge is 0.309 e. The second kappa shape index (κ2) is 6.00. The predicted octanol–water partition coefficient (Wildman–Crippen LogP) is 3.14. The van der Waals surface area contributed by atoms with Crippen LogP contribution in [0.2, 0.25) is 0 Å². The highest BCUT2D eigenvalue weighted by Gasteiger charge is 2.02. The summed E-state index contributed by atoms with van der Waals surface area (Å²) in [6, 6.07) is 0. The zero-order chi connectivity index (χ0) is 10.4. The van der Waals surface area contributed by atoms with Crippen molar-refractivity contribution in [3.63, 3.8) is 0 Å². The van der Waals surface area contributed by atoms with Gasteiger partial charge in [-0.15, -0.1) is 0 Å². The van der Waals surface area contributed by atoms with E-state index in [4.69, 9.17) is 11.6 Å². The van der Waals surface area contributed by atoms with E-state index in [1.54, 1.807) is 6.08 Å². The van der Waals surface area contributed by atoms with Crippen molar-refractivity contribution < 1.29 is 9.53 Å². The summed E-state index contributed by atoms with van der Waals surface area (Å²) in [5, 5.41) is 0.425. The molecule has 72 valence electrons. The molecule has 0 unspecified atom stereocenters. The van der Waals surface area contributed by atoms with Gasteiger partial charge in [-0.05, 0) is 27.6 Å². The van der Waals surface area contributed by atoms with E-state index in [1.165, 1.54) is 7.11 Å². The first-order valence-electron chi connectivity index (χ1n) is 3.44. The van der Waals surface area contributed by atoms with E-state index in [2.05, 4.69) is 33.8 Å². The Hall–Kier alpha value is -0.540. The van der Waals surface area contributed by atoms with Gasteiger partial charge in [-0.25, -0.2) is 0 Å². The molecule has 13 heavy (non-hydrogen) atoms. The lowest BCUT2D eigenvalue weighted by molar-refractivity contribution is -0.139. The van der Waals surface area contributed by atoms with E-state index in [-0.39, 0.29) is 12.4 Å². The average molecular weight is 266 g/mol. The molecule has 0 N–H and O–H groups in total. The second-order valence-corrected chi connectivity index (χ2v) is 3.67. The van der Waals surface area contributed by atoms with Gasteiger partial charge in [-0.1, -0.05) is 24.8 Å². The van der Waals surface area contributed by atoms with Crippen LogP contribution in [0.1, 0.15) is 6.42 Å². The number of carbonyl (C=O) groups excluding carboxylic acids is 1. The maximum atomic E-state index is 10.8. The molecular formula is C9H10BrClO2. The molecule has 0 aliphatic carbocycles. The van der Waals surface area contributed by atoms with Crippen LogP contribution in [0.25, 0.3) is 0 Å². The number of hydrogen-bond acceptors (Lipinski definition) is 2. The molecule has 0 spiro atoms. The molecule has 0 aromatic heterocycles. The van der Waals surface area contributed by atoms with Crippen LogP contribution < -0.4 is 0 Å². The van der Waals surface area contributed by atoms with E-state index >= 15 is 0 Å². The monoisotopic (exact) mass is 264 g/mol. The molecule has 0 aromatic carbocycles. The van der Waals surface area contributed by atoms with E-state index in [9.17, 15) is 4.79 Å². The Morgan fingerprint density at radius 2 is 2.15 bits per heavy atom. The number of ether oxygens (including phenoxy) is 1. The van der Waals surface area contributed by atoms with Crippen LogP contribution in [-0.2, 0) is 9.53 Å². The Morgan fingerprint density at radius 1 is 1.62 bits per heavy atom. The summed E-state index contributed by atoms with van der Waals surface area (Å²) in [4.78, 5) is 10.8. The lowest BCUT2D eigenvalue weighted by Gasteiger charge is -1.99. The first-order valence-corrected chi connectivity index (χ1v) is 4.61. The number of halogens is 2. The molecule has 0 aliphatic rings. The lowest BCUT2D eigenvalue weighted by Crippen LogP contribution is -2.00. The average Bonchev–Trinajstić information content (AvgIpc) is 2.03. The molecule has 0 atom stereocenters. The summed E-state index contributed by atoms with van der Waals surface area (Å²) in [5.74, 6) is -0.342. The Kier molecular flexibility index (Phi) is 5.75. The summed E-state index contributed by atoms with van der Waals surface area (Å²) in [5.41, 5.74) is 0.581. The van der Waals surface area contributed by atoms with Crippen LogP contribution in [0.15, 0.2) is 34.3 Å². The topological polar surface area (TPSA) is 26.3 Å². The maximum Gasteiger partial charge on any atom is 0.309 e. The van der Waals surface area contributed by atoms with Gasteiger partial charge in [0, 0.05) is 4.48 Å². The van der Waals surface area contributed by atoms with Gasteiger partial charge in [0.25, 0.3) is 0 Å². The van der Waals surface area contributed by atoms with Crippen molar-refractivity contribution in [1.82, 2.24) is 0 Å². The Balaban J connectivity index is 4.23. The van der Waals surface area contributed by atoms with Crippen molar-refractivity contribution in [2.75, 3.05) is 7.11 Å². The highest BCUT2D eigenvalue weighted by atomic mass is 79.9. The highest BCUT2D eigenvalue weighted by Crippen LogP contribution is 2.20. The van der Waals surface area contributed by atoms with E-state index in [0.29, 0.717) is 15.1 Å². The molecule has 0 fully saturated rings. The van der Waals surface area contributed by atoms with Gasteiger partial charge < -0.3 is 4.74 Å². The van der Waals surface area contributed by atoms with Gasteiger partial charge in [-0.3, -0.25) is 4.79 Å². The van der Waals surface area contributed by atoms with Crippen molar-refractivity contribution in [3.05, 3.63) is 34.3 Å². The Labute approximate surface area is 91.0 Å². The van der Waals surface area contributed by atoms with Crippen LogP contribution in [0.3, 0.4) is 0 Å². The molecule has 0 aliphatic heterocycles. The minimum absolute atomic E-state index is 0.132. The fraction of sp³-hybridized carbons (Fsp3) is 0.222. The number of rotatable bonds is 4. The zero-order valence-corrected chi connectivity index (χ0v) is 9.61. The molecule has 0 amide bonds. The standard InChI is InChI=1S/C9H10BrClO2/c1-6(5-9(12)13-3)4-8(11)7(2)10/h4H,1-2,5H2,3H3/b8-4+. The summed E-state index contributed by atoms with van der Waals surface area (Å²) in [6.45, 7) is 7.21. The summed E-state index contributed by atoms with van der Waals surface area (Å²) < 4.78 is 5.01. The van der Waals surface area contributed by atoms with Crippen LogP contribution in [-0.4, -0.2) is 13.1 Å². The van der Waals surface area contributed by atoms with Gasteiger partial charge in [0.05, 0.1) is 18.6 Å². The number of methoxy groups -OCH3 is 1. The minimum Gasteiger partial charge on any atom is -0.469 e. The van der Waals surface area contributed by atoms with Crippen LogP contribution >= 0.6 is 27.5 Å². The minimum atomic E-state index is -0.342. The third kappa shape index (κ3) is 5.66. The van der Waals surface area contributed by atoms with Crippen molar-refractivity contribution in [1.29, 1.82) is 0 Å². The van der Waals surface area contributed by atoms with Crippen molar-refractivity contribution >= 4 is 33.5 Å². The largest absolute Gasteiger partial charge is 0.469 e. The second-order valence-electron chi connectivity index (χ2n) is 2.31. The molecule has 0 radical (unpaired) electrons. The normalized spacial score (nSPS) is 10.8. The molecule has 4 heteroatoms. The summed E-state index contributed by atoms with van der Waals surface area (Å²) in [6.07, 6.45) is 1.70. The number of esters is 1. The van der Waals surface area contributed by atoms with Gasteiger partial charge in [0.1, 0.15) is 0 Å². The predicted molar refractivity (Wildman–Crippen MR) is 57.8 cm³/mol. The van der Waals surface area contributed by atoms with Crippen molar-refractivity contribution in [2.45, 2.75) is 6.42 Å². The molecule has 0 bridgehead atoms. The quantitative estimate of drug-likeness (QED) is 0.576. The molecule has 0 heterocycles. The molecular weight excluding hydrogens is 255 g/mol. The van der Waals surface area contributed by atoms with Crippen molar-refractivity contribution in [2.24, 2.45) is 0 Å². The Morgan fingerprint density at radius 3 is 2.54 bits per heavy atom. The van der Waals surface area contributed by atoms with Crippen LogP contribution in [0.4, 0.5) is 0 Å². The number of hydrogen-bond donors (Lipinski definition) is 0. The molecule has 0 rings (SSSR count). The van der Waals surface area contributed by atoms with E-state index in [0.717, 1.165) is 0 Å². The fourth-order valence-corrected chi connectivity index (χ4v) is 0.835. The highest BCUT2D eigenvalue weighted by molar-refractivity contribution is 9.12. The fourth-order valence-electron chi connectivity index (χ4n) is 0.566. The van der Waals surface area contributed by atoms with Crippen molar-refractivity contribution in [3.8, 4) is 0 Å². The third-order valence-corrected chi connectivity index (χ3v) is 2.18. The number of allylic oxidation sites excluding steroid dienone is 3. The van der Waals surface area contributed by atoms with Gasteiger partial charge in [-0.2, -0.15) is 0 Å². The zero-order valence-electron chi connectivity index (χ0n) is 7.27. The Bertz CT molecular complexity index is 269. The SMILES string of the molecule is C=C(/C=C(/Cl)C(=C)Br)CC(=O)OC. The number of carbonyl (C=O) groups is 1. The van der Waals surface area contributed by atoms with Gasteiger partial charge in [0.15, 0.2) is 0 Å². The van der Waals surface area contributed by atoms with E-state index < -0.39 is 0 Å². The molecule has 2 nitrogen and oxygen atoms in total. The molecule has 0 aromatic rings. The van der Waals surface area contributed by atoms with Crippen LogP contribution in [0, 0.1) is 0 Å². The first kappa shape index (κ1) is 12.5. The van der Waals surface area contributed by atoms with Crippen LogP contribution in [0.5, 0.6) is 0 Å². The maximum absolute atomic E-state index is 10.8. The van der Waals surface area contributed by atoms with Gasteiger partial charge >= 0.3 is 5.97 Å². The van der Waals surface area contributed by atoms with E-state index in [1.807, 2.05) is 0 Å². The van der Waals surface area contributed by atoms with Gasteiger partial charge in [0.2, 0.25) is 0 Å².